The predicted octanol–water partition coefficient (Wildman–Crippen LogP) is 4.90. The van der Waals surface area contributed by atoms with Crippen LogP contribution in [0, 0.1) is 13.8 Å². The Morgan fingerprint density at radius 2 is 1.82 bits per heavy atom. The normalized spacial score (nSPS) is 14.5. The molecule has 0 unspecified atom stereocenters. The van der Waals surface area contributed by atoms with Crippen LogP contribution >= 0.6 is 0 Å². The number of nitrogens with zero attached hydrogens (tertiary/aromatic N) is 1. The molecule has 0 saturated heterocycles. The Kier molecular flexibility index (Phi) is 5.45. The van der Waals surface area contributed by atoms with Gasteiger partial charge in [0.05, 0.1) is 5.56 Å². The summed E-state index contributed by atoms with van der Waals surface area (Å²) in [5, 5.41) is 0. The monoisotopic (exact) mass is 391 g/mol. The molecule has 1 saturated carbocycles. The molecule has 1 aliphatic carbocycles. The lowest BCUT2D eigenvalue weighted by molar-refractivity contribution is -0.138. The molecule has 0 aliphatic heterocycles. The standard InChI is InChI=1S/C21H20F3NO3/c1-13-11-18(14(2)25(13)17-8-9-17)19(26)12-28-20(27)10-5-15-3-6-16(7-4-15)21(22,23)24/h3-7,10-11,17H,8-9,12H2,1-2H3/b10-5+. The molecule has 1 fully saturated rings. The number of aromatic nitrogens is 1. The molecule has 7 heteroatoms. The van der Waals surface area contributed by atoms with Crippen molar-refractivity contribution in [3.05, 3.63) is 64.5 Å². The Labute approximate surface area is 160 Å². The van der Waals surface area contributed by atoms with Crippen LogP contribution in [-0.4, -0.2) is 22.9 Å². The smallest absolute Gasteiger partial charge is 0.416 e. The van der Waals surface area contributed by atoms with Crippen LogP contribution in [0.15, 0.2) is 36.4 Å². The number of aryl methyl sites for hydroxylation is 1. The Balaban J connectivity index is 1.56. The highest BCUT2D eigenvalue weighted by Gasteiger charge is 2.30. The van der Waals surface area contributed by atoms with Crippen molar-refractivity contribution in [2.24, 2.45) is 0 Å². The first-order chi connectivity index (χ1) is 13.2. The molecule has 0 atom stereocenters. The Morgan fingerprint density at radius 1 is 1.18 bits per heavy atom. The van der Waals surface area contributed by atoms with Crippen LogP contribution in [0.1, 0.15) is 51.8 Å². The third kappa shape index (κ3) is 4.52. The highest BCUT2D eigenvalue weighted by atomic mass is 19.4. The van der Waals surface area contributed by atoms with Gasteiger partial charge in [-0.3, -0.25) is 4.79 Å². The zero-order valence-electron chi connectivity index (χ0n) is 15.5. The van der Waals surface area contributed by atoms with Crippen molar-refractivity contribution in [3.63, 3.8) is 0 Å². The van der Waals surface area contributed by atoms with Gasteiger partial charge < -0.3 is 9.30 Å². The van der Waals surface area contributed by atoms with E-state index in [1.165, 1.54) is 18.2 Å². The fraction of sp³-hybridized carbons (Fsp3) is 0.333. The Hall–Kier alpha value is -2.83. The highest BCUT2D eigenvalue weighted by molar-refractivity contribution is 6.00. The van der Waals surface area contributed by atoms with Crippen molar-refractivity contribution in [2.75, 3.05) is 6.61 Å². The van der Waals surface area contributed by atoms with Crippen molar-refractivity contribution < 1.29 is 27.5 Å². The summed E-state index contributed by atoms with van der Waals surface area (Å²) in [4.78, 5) is 24.2. The molecule has 1 heterocycles. The molecule has 1 aromatic heterocycles. The van der Waals surface area contributed by atoms with Crippen LogP contribution < -0.4 is 0 Å². The van der Waals surface area contributed by atoms with E-state index < -0.39 is 17.7 Å². The second-order valence-corrected chi connectivity index (χ2v) is 6.87. The number of Topliss-reactive ketones (excluding diaryl/α,β-unsaturated/α-hetero) is 1. The fourth-order valence-corrected chi connectivity index (χ4v) is 3.16. The number of hydrogen-bond donors (Lipinski definition) is 0. The lowest BCUT2D eigenvalue weighted by Gasteiger charge is -2.07. The first kappa shape index (κ1) is 19.9. The SMILES string of the molecule is Cc1cc(C(=O)COC(=O)/C=C/c2ccc(C(F)(F)F)cc2)c(C)n1C1CC1. The summed E-state index contributed by atoms with van der Waals surface area (Å²) < 4.78 is 44.7. The number of esters is 1. The summed E-state index contributed by atoms with van der Waals surface area (Å²) in [5.74, 6) is -1.01. The van der Waals surface area contributed by atoms with Crippen molar-refractivity contribution in [1.82, 2.24) is 4.57 Å². The molecule has 2 aromatic rings. The summed E-state index contributed by atoms with van der Waals surface area (Å²) in [6, 6.07) is 6.64. The van der Waals surface area contributed by atoms with E-state index >= 15 is 0 Å². The van der Waals surface area contributed by atoms with E-state index in [0.717, 1.165) is 42.4 Å². The van der Waals surface area contributed by atoms with Gasteiger partial charge >= 0.3 is 12.1 Å². The average molecular weight is 391 g/mol. The van der Waals surface area contributed by atoms with Gasteiger partial charge in [-0.05, 0) is 56.5 Å². The van der Waals surface area contributed by atoms with Gasteiger partial charge in [0.2, 0.25) is 5.78 Å². The van der Waals surface area contributed by atoms with Crippen molar-refractivity contribution >= 4 is 17.8 Å². The number of ether oxygens (including phenoxy) is 1. The first-order valence-electron chi connectivity index (χ1n) is 8.90. The van der Waals surface area contributed by atoms with Crippen molar-refractivity contribution in [2.45, 2.75) is 38.9 Å². The zero-order chi connectivity index (χ0) is 20.5. The minimum atomic E-state index is -4.41. The van der Waals surface area contributed by atoms with E-state index in [1.807, 2.05) is 19.9 Å². The fourth-order valence-electron chi connectivity index (χ4n) is 3.16. The van der Waals surface area contributed by atoms with Crippen LogP contribution in [0.25, 0.3) is 6.08 Å². The van der Waals surface area contributed by atoms with Crippen LogP contribution in [0.3, 0.4) is 0 Å². The molecule has 4 nitrogen and oxygen atoms in total. The minimum Gasteiger partial charge on any atom is -0.454 e. The van der Waals surface area contributed by atoms with Crippen molar-refractivity contribution in [3.8, 4) is 0 Å². The van der Waals surface area contributed by atoms with Gasteiger partial charge in [-0.25, -0.2) is 4.79 Å². The van der Waals surface area contributed by atoms with Gasteiger partial charge in [-0.1, -0.05) is 12.1 Å². The molecule has 1 aliphatic rings. The molecule has 0 radical (unpaired) electrons. The summed E-state index contributed by atoms with van der Waals surface area (Å²) >= 11 is 0. The number of alkyl halides is 3. The maximum atomic E-state index is 12.5. The van der Waals surface area contributed by atoms with Gasteiger partial charge in [0.15, 0.2) is 6.61 Å². The molecular weight excluding hydrogens is 371 g/mol. The molecule has 148 valence electrons. The first-order valence-corrected chi connectivity index (χ1v) is 8.90. The number of carbonyl (C=O) groups excluding carboxylic acids is 2. The zero-order valence-corrected chi connectivity index (χ0v) is 15.5. The topological polar surface area (TPSA) is 48.3 Å². The maximum absolute atomic E-state index is 12.5. The third-order valence-corrected chi connectivity index (χ3v) is 4.69. The van der Waals surface area contributed by atoms with Gasteiger partial charge in [0.25, 0.3) is 0 Å². The summed E-state index contributed by atoms with van der Waals surface area (Å²) in [6.07, 6.45) is 0.229. The van der Waals surface area contributed by atoms with E-state index in [0.29, 0.717) is 17.2 Å². The molecule has 1 aromatic carbocycles. The lowest BCUT2D eigenvalue weighted by Crippen LogP contribution is -2.13. The van der Waals surface area contributed by atoms with Crippen molar-refractivity contribution in [1.29, 1.82) is 0 Å². The molecule has 0 amide bonds. The van der Waals surface area contributed by atoms with E-state index in [4.69, 9.17) is 4.74 Å². The van der Waals surface area contributed by atoms with E-state index in [9.17, 15) is 22.8 Å². The highest BCUT2D eigenvalue weighted by Crippen LogP contribution is 2.38. The van der Waals surface area contributed by atoms with Gasteiger partial charge in [0, 0.05) is 29.1 Å². The number of rotatable bonds is 6. The average Bonchev–Trinajstić information content (AvgIpc) is 3.42. The molecule has 28 heavy (non-hydrogen) atoms. The number of benzene rings is 1. The largest absolute Gasteiger partial charge is 0.454 e. The molecule has 0 bridgehead atoms. The second kappa shape index (κ2) is 7.66. The predicted molar refractivity (Wildman–Crippen MR) is 97.9 cm³/mol. The number of hydrogen-bond acceptors (Lipinski definition) is 3. The lowest BCUT2D eigenvalue weighted by atomic mass is 10.1. The number of halogens is 3. The van der Waals surface area contributed by atoms with E-state index in [2.05, 4.69) is 4.57 Å². The quantitative estimate of drug-likeness (QED) is 0.400. The van der Waals surface area contributed by atoms with Crippen LogP contribution in [0.5, 0.6) is 0 Å². The Bertz CT molecular complexity index is 920. The van der Waals surface area contributed by atoms with Crippen LogP contribution in [-0.2, 0) is 15.7 Å². The summed E-state index contributed by atoms with van der Waals surface area (Å²) in [5.41, 5.74) is 2.09. The van der Waals surface area contributed by atoms with Gasteiger partial charge in [-0.15, -0.1) is 0 Å². The molecule has 0 spiro atoms. The molecular formula is C21H20F3NO3. The number of ketones is 1. The van der Waals surface area contributed by atoms with E-state index in [-0.39, 0.29) is 12.4 Å². The summed E-state index contributed by atoms with van der Waals surface area (Å²) in [7, 11) is 0. The minimum absolute atomic E-state index is 0.281. The maximum Gasteiger partial charge on any atom is 0.416 e. The summed E-state index contributed by atoms with van der Waals surface area (Å²) in [6.45, 7) is 3.44. The Morgan fingerprint density at radius 3 is 2.39 bits per heavy atom. The third-order valence-electron chi connectivity index (χ3n) is 4.69. The van der Waals surface area contributed by atoms with Crippen LogP contribution in [0.2, 0.25) is 0 Å². The van der Waals surface area contributed by atoms with E-state index in [1.54, 1.807) is 0 Å². The molecule has 0 N–H and O–H groups in total. The van der Waals surface area contributed by atoms with Crippen LogP contribution in [0.4, 0.5) is 13.2 Å². The molecule has 3 rings (SSSR count). The van der Waals surface area contributed by atoms with Gasteiger partial charge in [-0.2, -0.15) is 13.2 Å². The van der Waals surface area contributed by atoms with Gasteiger partial charge in [0.1, 0.15) is 0 Å². The number of carbonyl (C=O) groups is 2. The second-order valence-electron chi connectivity index (χ2n) is 6.87.